The number of hydrogen-bond donors (Lipinski definition) is 3. The number of amides is 3. The highest BCUT2D eigenvalue weighted by Crippen LogP contribution is 2.22. The molecule has 0 radical (unpaired) electrons. The van der Waals surface area contributed by atoms with Crippen molar-refractivity contribution in [3.8, 4) is 0 Å². The third-order valence-electron chi connectivity index (χ3n) is 4.81. The number of benzene rings is 2. The van der Waals surface area contributed by atoms with E-state index in [0.717, 1.165) is 22.4 Å². The molecule has 0 heterocycles. The van der Waals surface area contributed by atoms with Crippen LogP contribution in [0, 0.1) is 20.8 Å². The molecule has 7 nitrogen and oxygen atoms in total. The Morgan fingerprint density at radius 3 is 2.07 bits per heavy atom. The zero-order chi connectivity index (χ0) is 21.7. The lowest BCUT2D eigenvalue weighted by molar-refractivity contribution is -0.122. The van der Waals surface area contributed by atoms with E-state index >= 15 is 0 Å². The molecule has 0 aliphatic carbocycles. The smallest absolute Gasteiger partial charge is 0.248 e. The summed E-state index contributed by atoms with van der Waals surface area (Å²) in [5.74, 6) is -0.969. The molecule has 0 fully saturated rings. The molecule has 29 heavy (non-hydrogen) atoms. The van der Waals surface area contributed by atoms with Crippen LogP contribution in [0.25, 0.3) is 0 Å². The minimum atomic E-state index is -0.531. The third kappa shape index (κ3) is 5.89. The lowest BCUT2D eigenvalue weighted by Gasteiger charge is -2.24. The number of likely N-dealkylation sites (N-methyl/N-ethyl adjacent to an activating group) is 1. The van der Waals surface area contributed by atoms with Gasteiger partial charge in [0.2, 0.25) is 17.7 Å². The van der Waals surface area contributed by atoms with Gasteiger partial charge in [-0.3, -0.25) is 19.3 Å². The molecule has 1 unspecified atom stereocenters. The molecule has 7 heteroatoms. The molecule has 0 aromatic heterocycles. The first-order valence-corrected chi connectivity index (χ1v) is 9.37. The molecule has 2 rings (SSSR count). The van der Waals surface area contributed by atoms with Gasteiger partial charge in [0.05, 0.1) is 12.6 Å². The Balaban J connectivity index is 1.95. The summed E-state index contributed by atoms with van der Waals surface area (Å²) in [7, 11) is 1.72. The quantitative estimate of drug-likeness (QED) is 0.669. The van der Waals surface area contributed by atoms with Crippen molar-refractivity contribution in [2.45, 2.75) is 33.7 Å². The van der Waals surface area contributed by atoms with Crippen LogP contribution in [0.4, 0.5) is 11.4 Å². The number of carbonyl (C=O) groups excluding carboxylic acids is 3. The lowest BCUT2D eigenvalue weighted by atomic mass is 10.1. The maximum atomic E-state index is 12.5. The first kappa shape index (κ1) is 22.1. The second kappa shape index (κ2) is 9.34. The van der Waals surface area contributed by atoms with Crippen molar-refractivity contribution in [1.29, 1.82) is 0 Å². The van der Waals surface area contributed by atoms with Crippen LogP contribution in [0.3, 0.4) is 0 Å². The minimum Gasteiger partial charge on any atom is -0.366 e. The summed E-state index contributed by atoms with van der Waals surface area (Å²) < 4.78 is 0. The number of nitrogens with zero attached hydrogens (tertiary/aromatic N) is 1. The Labute approximate surface area is 171 Å². The number of aryl methyl sites for hydroxylation is 3. The summed E-state index contributed by atoms with van der Waals surface area (Å²) in [5.41, 5.74) is 10.1. The van der Waals surface area contributed by atoms with Gasteiger partial charge < -0.3 is 16.4 Å². The van der Waals surface area contributed by atoms with Gasteiger partial charge in [-0.1, -0.05) is 17.7 Å². The van der Waals surface area contributed by atoms with E-state index in [1.54, 1.807) is 43.1 Å². The van der Waals surface area contributed by atoms with E-state index in [4.69, 9.17) is 5.73 Å². The van der Waals surface area contributed by atoms with Gasteiger partial charge in [-0.25, -0.2) is 0 Å². The Morgan fingerprint density at radius 2 is 1.55 bits per heavy atom. The standard InChI is InChI=1S/C22H28N4O3/c1-13-10-14(2)20(15(3)11-13)25-19(27)12-26(5)16(4)22(29)24-18-8-6-17(7-9-18)21(23)28/h6-11,16H,12H2,1-5H3,(H2,23,28)(H,24,29)(H,25,27). The van der Waals surface area contributed by atoms with Gasteiger partial charge in [-0.05, 0) is 70.1 Å². The third-order valence-corrected chi connectivity index (χ3v) is 4.81. The van der Waals surface area contributed by atoms with Crippen molar-refractivity contribution in [2.75, 3.05) is 24.2 Å². The first-order valence-electron chi connectivity index (χ1n) is 9.37. The predicted molar refractivity (Wildman–Crippen MR) is 115 cm³/mol. The summed E-state index contributed by atoms with van der Waals surface area (Å²) in [5, 5.41) is 5.71. The largest absolute Gasteiger partial charge is 0.366 e. The topological polar surface area (TPSA) is 105 Å². The number of anilines is 2. The van der Waals surface area contributed by atoms with Gasteiger partial charge in [-0.2, -0.15) is 0 Å². The van der Waals surface area contributed by atoms with Gasteiger partial charge in [-0.15, -0.1) is 0 Å². The highest BCUT2D eigenvalue weighted by molar-refractivity contribution is 5.97. The molecule has 0 spiro atoms. The number of nitrogens with two attached hydrogens (primary N) is 1. The number of rotatable bonds is 7. The maximum Gasteiger partial charge on any atom is 0.248 e. The number of primary amides is 1. The van der Waals surface area contributed by atoms with Crippen LogP contribution in [-0.2, 0) is 9.59 Å². The second-order valence-electron chi connectivity index (χ2n) is 7.34. The fraction of sp³-hybridized carbons (Fsp3) is 0.318. The summed E-state index contributed by atoms with van der Waals surface area (Å²) >= 11 is 0. The van der Waals surface area contributed by atoms with Crippen molar-refractivity contribution < 1.29 is 14.4 Å². The Morgan fingerprint density at radius 1 is 1.00 bits per heavy atom. The van der Waals surface area contributed by atoms with Gasteiger partial charge >= 0.3 is 0 Å². The number of nitrogens with one attached hydrogen (secondary N) is 2. The summed E-state index contributed by atoms with van der Waals surface area (Å²) in [6, 6.07) is 9.83. The van der Waals surface area contributed by atoms with Gasteiger partial charge in [0.1, 0.15) is 0 Å². The van der Waals surface area contributed by atoms with Gasteiger partial charge in [0, 0.05) is 16.9 Å². The molecular weight excluding hydrogens is 368 g/mol. The zero-order valence-electron chi connectivity index (χ0n) is 17.5. The minimum absolute atomic E-state index is 0.0714. The van der Waals surface area contributed by atoms with Crippen molar-refractivity contribution in [1.82, 2.24) is 4.90 Å². The van der Waals surface area contributed by atoms with E-state index in [-0.39, 0.29) is 18.4 Å². The van der Waals surface area contributed by atoms with Crippen molar-refractivity contribution in [3.63, 3.8) is 0 Å². The highest BCUT2D eigenvalue weighted by Gasteiger charge is 2.21. The van der Waals surface area contributed by atoms with E-state index in [2.05, 4.69) is 10.6 Å². The molecule has 2 aromatic rings. The van der Waals surface area contributed by atoms with Crippen LogP contribution in [-0.4, -0.2) is 42.3 Å². The zero-order valence-corrected chi connectivity index (χ0v) is 17.5. The molecule has 0 aliphatic rings. The Hall–Kier alpha value is -3.19. The molecule has 0 bridgehead atoms. The molecule has 2 aromatic carbocycles. The van der Waals surface area contributed by atoms with Crippen LogP contribution in [0.1, 0.15) is 34.0 Å². The van der Waals surface area contributed by atoms with E-state index in [1.165, 1.54) is 0 Å². The van der Waals surface area contributed by atoms with E-state index in [0.29, 0.717) is 11.3 Å². The van der Waals surface area contributed by atoms with Crippen LogP contribution < -0.4 is 16.4 Å². The Bertz CT molecular complexity index is 899. The van der Waals surface area contributed by atoms with E-state index in [9.17, 15) is 14.4 Å². The number of hydrogen-bond acceptors (Lipinski definition) is 4. The van der Waals surface area contributed by atoms with Crippen LogP contribution >= 0.6 is 0 Å². The monoisotopic (exact) mass is 396 g/mol. The molecule has 3 amide bonds. The van der Waals surface area contributed by atoms with Gasteiger partial charge in [0.25, 0.3) is 0 Å². The molecule has 0 saturated carbocycles. The van der Waals surface area contributed by atoms with E-state index < -0.39 is 11.9 Å². The molecular formula is C22H28N4O3. The number of carbonyl (C=O) groups is 3. The highest BCUT2D eigenvalue weighted by atomic mass is 16.2. The lowest BCUT2D eigenvalue weighted by Crippen LogP contribution is -2.43. The van der Waals surface area contributed by atoms with Crippen LogP contribution in [0.5, 0.6) is 0 Å². The van der Waals surface area contributed by atoms with Crippen molar-refractivity contribution in [3.05, 3.63) is 58.7 Å². The molecule has 0 aliphatic heterocycles. The maximum absolute atomic E-state index is 12.5. The normalized spacial score (nSPS) is 11.8. The fourth-order valence-electron chi connectivity index (χ4n) is 3.08. The second-order valence-corrected chi connectivity index (χ2v) is 7.34. The first-order chi connectivity index (χ1) is 13.6. The SMILES string of the molecule is Cc1cc(C)c(NC(=O)CN(C)C(C)C(=O)Nc2ccc(C(N)=O)cc2)c(C)c1. The van der Waals surface area contributed by atoms with E-state index in [1.807, 2.05) is 32.9 Å². The molecule has 4 N–H and O–H groups in total. The van der Waals surface area contributed by atoms with Crippen LogP contribution in [0.2, 0.25) is 0 Å². The fourth-order valence-corrected chi connectivity index (χ4v) is 3.08. The van der Waals surface area contributed by atoms with Gasteiger partial charge in [0.15, 0.2) is 0 Å². The Kier molecular flexibility index (Phi) is 7.12. The molecule has 1 atom stereocenters. The average molecular weight is 396 g/mol. The summed E-state index contributed by atoms with van der Waals surface area (Å²) in [4.78, 5) is 37.7. The average Bonchev–Trinajstić information content (AvgIpc) is 2.64. The molecule has 0 saturated heterocycles. The summed E-state index contributed by atoms with van der Waals surface area (Å²) in [6.45, 7) is 7.73. The summed E-state index contributed by atoms with van der Waals surface area (Å²) in [6.07, 6.45) is 0. The van der Waals surface area contributed by atoms with Crippen LogP contribution in [0.15, 0.2) is 36.4 Å². The predicted octanol–water partition coefficient (Wildman–Crippen LogP) is 2.61. The molecule has 154 valence electrons. The van der Waals surface area contributed by atoms with Crippen molar-refractivity contribution in [2.24, 2.45) is 5.73 Å². The van der Waals surface area contributed by atoms with Crippen molar-refractivity contribution >= 4 is 29.1 Å².